The van der Waals surface area contributed by atoms with E-state index in [-0.39, 0.29) is 30.4 Å². The maximum Gasteiger partial charge on any atom is 0.319 e. The third-order valence-electron chi connectivity index (χ3n) is 5.72. The molecule has 3 aromatic rings. The molecule has 3 aromatic carbocycles. The second-order valence-corrected chi connectivity index (χ2v) is 8.08. The molecule has 2 aliphatic heterocycles. The minimum absolute atomic E-state index is 0.151. The summed E-state index contributed by atoms with van der Waals surface area (Å²) in [5, 5.41) is 5.81. The smallest absolute Gasteiger partial charge is 0.319 e. The summed E-state index contributed by atoms with van der Waals surface area (Å²) in [6.45, 7) is 1.34. The van der Waals surface area contributed by atoms with Gasteiger partial charge in [-0.25, -0.2) is 4.79 Å². The summed E-state index contributed by atoms with van der Waals surface area (Å²) >= 11 is 0. The lowest BCUT2D eigenvalue weighted by molar-refractivity contribution is -0.0392. The number of urea groups is 1. The number of carbonyl (C=O) groups excluding carboxylic acids is 1. The van der Waals surface area contributed by atoms with Crippen LogP contribution in [0.4, 0.5) is 10.5 Å². The summed E-state index contributed by atoms with van der Waals surface area (Å²) in [6.07, 6.45) is -0.561. The Labute approximate surface area is 192 Å². The molecule has 5 rings (SSSR count). The lowest BCUT2D eigenvalue weighted by atomic mass is 10.1. The van der Waals surface area contributed by atoms with Gasteiger partial charge in [0.2, 0.25) is 0 Å². The van der Waals surface area contributed by atoms with Gasteiger partial charge in [0.05, 0.1) is 25.9 Å². The van der Waals surface area contributed by atoms with Gasteiger partial charge in [-0.2, -0.15) is 0 Å². The average molecular weight is 447 g/mol. The van der Waals surface area contributed by atoms with Crippen LogP contribution in [0.3, 0.4) is 0 Å². The van der Waals surface area contributed by atoms with Crippen molar-refractivity contribution in [3.05, 3.63) is 90.5 Å². The molecule has 0 bridgehead atoms. The molecule has 0 saturated carbocycles. The Balaban J connectivity index is 1.10. The van der Waals surface area contributed by atoms with E-state index in [1.807, 2.05) is 72.8 Å². The highest BCUT2D eigenvalue weighted by Gasteiger charge is 2.48. The highest BCUT2D eigenvalue weighted by atomic mass is 16.6. The molecule has 0 radical (unpaired) electrons. The predicted molar refractivity (Wildman–Crippen MR) is 123 cm³/mol. The molecule has 7 heteroatoms. The van der Waals surface area contributed by atoms with Crippen LogP contribution in [0.25, 0.3) is 0 Å². The molecule has 2 N–H and O–H groups in total. The molecular formula is C26H26N2O5. The Bertz CT molecular complexity index is 1050. The molecule has 2 amide bonds. The van der Waals surface area contributed by atoms with Gasteiger partial charge in [0.1, 0.15) is 29.8 Å². The van der Waals surface area contributed by atoms with Gasteiger partial charge in [-0.3, -0.25) is 0 Å². The summed E-state index contributed by atoms with van der Waals surface area (Å²) in [6, 6.07) is 26.2. The summed E-state index contributed by atoms with van der Waals surface area (Å²) in [7, 11) is 0. The van der Waals surface area contributed by atoms with Crippen LogP contribution in [0.2, 0.25) is 0 Å². The number of para-hydroxylation sites is 1. The summed E-state index contributed by atoms with van der Waals surface area (Å²) < 4.78 is 23.6. The lowest BCUT2D eigenvalue weighted by Gasteiger charge is -2.18. The van der Waals surface area contributed by atoms with Crippen molar-refractivity contribution in [2.75, 3.05) is 18.5 Å². The highest BCUT2D eigenvalue weighted by molar-refractivity contribution is 5.89. The van der Waals surface area contributed by atoms with E-state index in [1.165, 1.54) is 0 Å². The number of ether oxygens (including phenoxy) is 4. The predicted octanol–water partition coefficient (Wildman–Crippen LogP) is 4.35. The SMILES string of the molecule is O=C(Nc1ccc(Oc2ccccc2)cc1)NC1COC2C(OCc3ccccc3)COC12. The van der Waals surface area contributed by atoms with Crippen LogP contribution in [0, 0.1) is 0 Å². The van der Waals surface area contributed by atoms with Crippen LogP contribution in [-0.2, 0) is 20.8 Å². The van der Waals surface area contributed by atoms with Gasteiger partial charge in [-0.1, -0.05) is 48.5 Å². The second-order valence-electron chi connectivity index (χ2n) is 8.08. The number of nitrogens with one attached hydrogen (secondary N) is 2. The van der Waals surface area contributed by atoms with Crippen LogP contribution >= 0.6 is 0 Å². The first-order valence-electron chi connectivity index (χ1n) is 11.0. The number of rotatable bonds is 7. The average Bonchev–Trinajstić information content (AvgIpc) is 3.43. The quantitative estimate of drug-likeness (QED) is 0.564. The number of carbonyl (C=O) groups is 1. The van der Waals surface area contributed by atoms with Crippen LogP contribution < -0.4 is 15.4 Å². The van der Waals surface area contributed by atoms with E-state index in [0.29, 0.717) is 31.3 Å². The standard InChI is InChI=1S/C26H26N2O5/c29-26(27-19-11-13-21(14-12-19)33-20-9-5-2-6-10-20)28-22-16-31-25-23(17-32-24(22)25)30-15-18-7-3-1-4-8-18/h1-14,22-25H,15-17H2,(H2,27,28,29). The van der Waals surface area contributed by atoms with Gasteiger partial charge in [0.15, 0.2) is 0 Å². The summed E-state index contributed by atoms with van der Waals surface area (Å²) in [5.41, 5.74) is 1.77. The molecule has 2 saturated heterocycles. The van der Waals surface area contributed by atoms with Gasteiger partial charge in [-0.05, 0) is 42.0 Å². The fourth-order valence-electron chi connectivity index (χ4n) is 4.07. The van der Waals surface area contributed by atoms with Crippen LogP contribution in [0.1, 0.15) is 5.56 Å². The first kappa shape index (κ1) is 21.5. The number of hydrogen-bond donors (Lipinski definition) is 2. The largest absolute Gasteiger partial charge is 0.457 e. The Morgan fingerprint density at radius 1 is 0.818 bits per heavy atom. The number of amides is 2. The van der Waals surface area contributed by atoms with Gasteiger partial charge < -0.3 is 29.6 Å². The lowest BCUT2D eigenvalue weighted by Crippen LogP contribution is -2.46. The number of benzene rings is 3. The van der Waals surface area contributed by atoms with Crippen molar-refractivity contribution < 1.29 is 23.7 Å². The van der Waals surface area contributed by atoms with Crippen LogP contribution in [0.5, 0.6) is 11.5 Å². The van der Waals surface area contributed by atoms with Crippen molar-refractivity contribution in [1.29, 1.82) is 0 Å². The molecular weight excluding hydrogens is 420 g/mol. The van der Waals surface area contributed by atoms with Gasteiger partial charge in [0, 0.05) is 5.69 Å². The first-order chi connectivity index (χ1) is 16.2. The molecule has 2 heterocycles. The fourth-order valence-corrected chi connectivity index (χ4v) is 4.07. The Hall–Kier alpha value is -3.39. The van der Waals surface area contributed by atoms with Crippen molar-refractivity contribution in [3.63, 3.8) is 0 Å². The maximum absolute atomic E-state index is 12.5. The summed E-state index contributed by atoms with van der Waals surface area (Å²) in [4.78, 5) is 12.5. The monoisotopic (exact) mass is 446 g/mol. The topological polar surface area (TPSA) is 78.1 Å². The molecule has 0 spiro atoms. The van der Waals surface area contributed by atoms with Crippen molar-refractivity contribution in [3.8, 4) is 11.5 Å². The van der Waals surface area contributed by atoms with Crippen molar-refractivity contribution >= 4 is 11.7 Å². The maximum atomic E-state index is 12.5. The molecule has 170 valence electrons. The van der Waals surface area contributed by atoms with Crippen molar-refractivity contribution in [2.45, 2.75) is 31.0 Å². The summed E-state index contributed by atoms with van der Waals surface area (Å²) in [5.74, 6) is 1.45. The fraction of sp³-hybridized carbons (Fsp3) is 0.269. The molecule has 4 unspecified atom stereocenters. The molecule has 33 heavy (non-hydrogen) atoms. The Kier molecular flexibility index (Phi) is 6.53. The first-order valence-corrected chi connectivity index (χ1v) is 11.0. The van der Waals surface area contributed by atoms with E-state index in [4.69, 9.17) is 18.9 Å². The number of anilines is 1. The Morgan fingerprint density at radius 3 is 2.24 bits per heavy atom. The van der Waals surface area contributed by atoms with E-state index in [9.17, 15) is 4.79 Å². The molecule has 2 fully saturated rings. The van der Waals surface area contributed by atoms with Gasteiger partial charge in [0.25, 0.3) is 0 Å². The van der Waals surface area contributed by atoms with E-state index in [2.05, 4.69) is 10.6 Å². The second kappa shape index (κ2) is 10.0. The molecule has 0 aromatic heterocycles. The van der Waals surface area contributed by atoms with E-state index < -0.39 is 0 Å². The van der Waals surface area contributed by atoms with E-state index >= 15 is 0 Å². The molecule has 4 atom stereocenters. The van der Waals surface area contributed by atoms with Crippen LogP contribution in [-0.4, -0.2) is 43.6 Å². The zero-order valence-electron chi connectivity index (χ0n) is 18.1. The van der Waals surface area contributed by atoms with Gasteiger partial charge >= 0.3 is 6.03 Å². The minimum atomic E-state index is -0.307. The zero-order chi connectivity index (χ0) is 22.5. The van der Waals surface area contributed by atoms with E-state index in [0.717, 1.165) is 11.3 Å². The zero-order valence-corrected chi connectivity index (χ0v) is 18.1. The van der Waals surface area contributed by atoms with Gasteiger partial charge in [-0.15, -0.1) is 0 Å². The van der Waals surface area contributed by atoms with Crippen molar-refractivity contribution in [2.24, 2.45) is 0 Å². The Morgan fingerprint density at radius 2 is 1.48 bits per heavy atom. The number of hydrogen-bond acceptors (Lipinski definition) is 5. The molecule has 2 aliphatic rings. The van der Waals surface area contributed by atoms with E-state index in [1.54, 1.807) is 12.1 Å². The third kappa shape index (κ3) is 5.34. The molecule has 0 aliphatic carbocycles. The van der Waals surface area contributed by atoms with Crippen molar-refractivity contribution in [1.82, 2.24) is 5.32 Å². The highest BCUT2D eigenvalue weighted by Crippen LogP contribution is 2.29. The van der Waals surface area contributed by atoms with Crippen LogP contribution in [0.15, 0.2) is 84.9 Å². The molecule has 7 nitrogen and oxygen atoms in total. The minimum Gasteiger partial charge on any atom is -0.457 e. The number of fused-ring (bicyclic) bond motifs is 1. The third-order valence-corrected chi connectivity index (χ3v) is 5.72. The normalized spacial score (nSPS) is 23.6.